The van der Waals surface area contributed by atoms with Crippen LogP contribution in [-0.2, 0) is 0 Å². The third-order valence-electron chi connectivity index (χ3n) is 10.2. The zero-order chi connectivity index (χ0) is 41.4. The SMILES string of the molecule is Cc1ccc(-c2ccc(-c3ccc(C)cc3)cc2)cc1.Cc1ccc(-c2ccc(C)cc2)cc1.Cc1ccc(C)cc1.Cc1ccc(N(C)c2ccc(C)cc2)cc1. The van der Waals surface area contributed by atoms with Crippen LogP contribution >= 0.6 is 0 Å². The monoisotopic (exact) mass is 757 g/mol. The lowest BCUT2D eigenvalue weighted by atomic mass is 9.99. The van der Waals surface area contributed by atoms with Crippen molar-refractivity contribution in [1.82, 2.24) is 0 Å². The third kappa shape index (κ3) is 13.4. The quantitative estimate of drug-likeness (QED) is 0.169. The molecule has 8 aromatic rings. The first-order valence-electron chi connectivity index (χ1n) is 20.2. The van der Waals surface area contributed by atoms with E-state index in [0.717, 1.165) is 0 Å². The summed E-state index contributed by atoms with van der Waals surface area (Å²) in [5.41, 5.74) is 20.5. The average Bonchev–Trinajstić information content (AvgIpc) is 3.24. The highest BCUT2D eigenvalue weighted by atomic mass is 15.1. The minimum absolute atomic E-state index is 1.22. The molecule has 0 heterocycles. The predicted octanol–water partition coefficient (Wildman–Crippen LogP) is 16.0. The van der Waals surface area contributed by atoms with Gasteiger partial charge in [-0.1, -0.05) is 214 Å². The van der Waals surface area contributed by atoms with Crippen LogP contribution in [0, 0.1) is 55.4 Å². The molecule has 0 aliphatic heterocycles. The van der Waals surface area contributed by atoms with E-state index in [0.29, 0.717) is 0 Å². The fourth-order valence-corrected chi connectivity index (χ4v) is 6.16. The van der Waals surface area contributed by atoms with Crippen LogP contribution in [0.5, 0.6) is 0 Å². The van der Waals surface area contributed by atoms with Crippen molar-refractivity contribution in [3.63, 3.8) is 0 Å². The van der Waals surface area contributed by atoms with Gasteiger partial charge in [-0.05, 0) is 113 Å². The van der Waals surface area contributed by atoms with Crippen molar-refractivity contribution in [2.45, 2.75) is 55.4 Å². The molecule has 8 aromatic carbocycles. The number of anilines is 2. The lowest BCUT2D eigenvalue weighted by Gasteiger charge is -2.19. The van der Waals surface area contributed by atoms with Gasteiger partial charge in [0.25, 0.3) is 0 Å². The Morgan fingerprint density at radius 2 is 0.310 bits per heavy atom. The van der Waals surface area contributed by atoms with E-state index < -0.39 is 0 Å². The second-order valence-corrected chi connectivity index (χ2v) is 15.4. The molecule has 0 amide bonds. The number of aryl methyl sites for hydroxylation is 8. The van der Waals surface area contributed by atoms with Crippen LogP contribution in [0.4, 0.5) is 11.4 Å². The molecule has 0 saturated carbocycles. The standard InChI is InChI=1S/C20H18.C15H17N.C14H14.C8H10/c1-15-3-7-17(8-4-15)19-11-13-20(14-12-19)18-9-5-16(2)6-10-18;1-12-4-8-14(9-5-12)16(3)15-10-6-13(2)7-11-15;1-11-3-7-13(8-4-11)14-9-5-12(2)6-10-14;1-7-3-5-8(2)6-4-7/h3-14H,1-2H3;4-11H,1-3H3;3-10H,1-2H3;3-6H,1-2H3. The van der Waals surface area contributed by atoms with E-state index in [9.17, 15) is 0 Å². The molecule has 1 heteroatoms. The highest BCUT2D eigenvalue weighted by molar-refractivity contribution is 5.71. The molecule has 0 saturated heterocycles. The van der Waals surface area contributed by atoms with Crippen LogP contribution in [0.15, 0.2) is 194 Å². The number of hydrogen-bond acceptors (Lipinski definition) is 1. The van der Waals surface area contributed by atoms with Crippen LogP contribution in [0.3, 0.4) is 0 Å². The van der Waals surface area contributed by atoms with Crippen LogP contribution in [0.1, 0.15) is 44.5 Å². The van der Waals surface area contributed by atoms with Crippen molar-refractivity contribution in [3.05, 3.63) is 239 Å². The minimum atomic E-state index is 1.22. The van der Waals surface area contributed by atoms with Gasteiger partial charge in [0.15, 0.2) is 0 Å². The zero-order valence-electron chi connectivity index (χ0n) is 35.9. The molecule has 0 aromatic heterocycles. The fourth-order valence-electron chi connectivity index (χ4n) is 6.16. The van der Waals surface area contributed by atoms with Crippen LogP contribution in [-0.4, -0.2) is 7.05 Å². The smallest absolute Gasteiger partial charge is 0.0408 e. The van der Waals surface area contributed by atoms with Crippen LogP contribution < -0.4 is 4.90 Å². The number of nitrogens with zero attached hydrogens (tertiary/aromatic N) is 1. The van der Waals surface area contributed by atoms with Crippen LogP contribution in [0.25, 0.3) is 33.4 Å². The Morgan fingerprint density at radius 3 is 0.483 bits per heavy atom. The maximum absolute atomic E-state index is 2.19. The van der Waals surface area contributed by atoms with Gasteiger partial charge >= 0.3 is 0 Å². The van der Waals surface area contributed by atoms with Crippen molar-refractivity contribution in [2.75, 3.05) is 11.9 Å². The molecule has 58 heavy (non-hydrogen) atoms. The first kappa shape index (κ1) is 42.7. The van der Waals surface area contributed by atoms with E-state index in [-0.39, 0.29) is 0 Å². The van der Waals surface area contributed by atoms with E-state index in [1.54, 1.807) is 0 Å². The van der Waals surface area contributed by atoms with Gasteiger partial charge in [-0.15, -0.1) is 0 Å². The Kier molecular flexibility index (Phi) is 15.6. The minimum Gasteiger partial charge on any atom is -0.345 e. The Bertz CT molecular complexity index is 2210. The Labute approximate surface area is 349 Å². The maximum atomic E-state index is 2.19. The van der Waals surface area contributed by atoms with Crippen molar-refractivity contribution in [3.8, 4) is 33.4 Å². The molecule has 0 N–H and O–H groups in total. The molecule has 8 rings (SSSR count). The van der Waals surface area contributed by atoms with Crippen molar-refractivity contribution in [1.29, 1.82) is 0 Å². The summed E-state index contributed by atoms with van der Waals surface area (Å²) in [5, 5.41) is 0. The summed E-state index contributed by atoms with van der Waals surface area (Å²) >= 11 is 0. The summed E-state index contributed by atoms with van der Waals surface area (Å²) in [7, 11) is 2.09. The molecule has 0 aliphatic carbocycles. The van der Waals surface area contributed by atoms with Gasteiger partial charge in [-0.3, -0.25) is 0 Å². The summed E-state index contributed by atoms with van der Waals surface area (Å²) in [5.74, 6) is 0. The van der Waals surface area contributed by atoms with Gasteiger partial charge in [0.2, 0.25) is 0 Å². The number of hydrogen-bond donors (Lipinski definition) is 0. The van der Waals surface area contributed by atoms with Gasteiger partial charge < -0.3 is 4.90 Å². The Balaban J connectivity index is 0.000000153. The molecule has 0 aliphatic rings. The van der Waals surface area contributed by atoms with Gasteiger partial charge in [-0.25, -0.2) is 0 Å². The molecule has 1 nitrogen and oxygen atoms in total. The summed E-state index contributed by atoms with van der Waals surface area (Å²) in [4.78, 5) is 2.19. The molecule has 292 valence electrons. The number of rotatable bonds is 5. The topological polar surface area (TPSA) is 3.24 Å². The molecular weight excluding hydrogens is 699 g/mol. The van der Waals surface area contributed by atoms with Gasteiger partial charge in [-0.2, -0.15) is 0 Å². The normalized spacial score (nSPS) is 10.2. The third-order valence-corrected chi connectivity index (χ3v) is 10.2. The first-order valence-corrected chi connectivity index (χ1v) is 20.2. The fraction of sp³-hybridized carbons (Fsp3) is 0.158. The average molecular weight is 758 g/mol. The predicted molar refractivity (Wildman–Crippen MR) is 254 cm³/mol. The highest BCUT2D eigenvalue weighted by Crippen LogP contribution is 2.26. The van der Waals surface area contributed by atoms with E-state index in [1.807, 2.05) is 0 Å². The van der Waals surface area contributed by atoms with E-state index in [2.05, 4.69) is 261 Å². The van der Waals surface area contributed by atoms with E-state index in [1.165, 1.54) is 89.3 Å². The van der Waals surface area contributed by atoms with E-state index >= 15 is 0 Å². The molecule has 0 radical (unpaired) electrons. The highest BCUT2D eigenvalue weighted by Gasteiger charge is 2.03. The summed E-state index contributed by atoms with van der Waals surface area (Å²) < 4.78 is 0. The molecule has 0 fully saturated rings. The lowest BCUT2D eigenvalue weighted by molar-refractivity contribution is 1.20. The second-order valence-electron chi connectivity index (χ2n) is 15.4. The second kappa shape index (κ2) is 21.2. The van der Waals surface area contributed by atoms with Gasteiger partial charge in [0.05, 0.1) is 0 Å². The summed E-state index contributed by atoms with van der Waals surface area (Å²) in [6.45, 7) is 16.9. The summed E-state index contributed by atoms with van der Waals surface area (Å²) in [6, 6.07) is 69.0. The van der Waals surface area contributed by atoms with Crippen LogP contribution in [0.2, 0.25) is 0 Å². The van der Waals surface area contributed by atoms with Crippen molar-refractivity contribution >= 4 is 11.4 Å². The van der Waals surface area contributed by atoms with Crippen molar-refractivity contribution < 1.29 is 0 Å². The molecule has 0 bridgehead atoms. The maximum Gasteiger partial charge on any atom is 0.0408 e. The molecular formula is C57H59N. The Morgan fingerprint density at radius 1 is 0.190 bits per heavy atom. The zero-order valence-corrected chi connectivity index (χ0v) is 35.9. The molecule has 0 unspecified atom stereocenters. The Hall–Kier alpha value is -6.44. The molecule has 0 spiro atoms. The first-order chi connectivity index (χ1) is 27.9. The largest absolute Gasteiger partial charge is 0.345 e. The van der Waals surface area contributed by atoms with Crippen molar-refractivity contribution in [2.24, 2.45) is 0 Å². The lowest BCUT2D eigenvalue weighted by Crippen LogP contribution is -2.08. The molecule has 0 atom stereocenters. The van der Waals surface area contributed by atoms with Gasteiger partial charge in [0, 0.05) is 18.4 Å². The van der Waals surface area contributed by atoms with Gasteiger partial charge in [0.1, 0.15) is 0 Å². The number of benzene rings is 8. The van der Waals surface area contributed by atoms with E-state index in [4.69, 9.17) is 0 Å². The summed E-state index contributed by atoms with van der Waals surface area (Å²) in [6.07, 6.45) is 0.